The summed E-state index contributed by atoms with van der Waals surface area (Å²) >= 11 is 0. The normalized spacial score (nSPS) is 10.4. The highest BCUT2D eigenvalue weighted by Gasteiger charge is 2.21. The molecule has 0 saturated heterocycles. The Morgan fingerprint density at radius 2 is 1.37 bits per heavy atom. The number of aromatic carboxylic acids is 2. The van der Waals surface area contributed by atoms with Crippen LogP contribution in [0.5, 0.6) is 17.2 Å². The van der Waals surface area contributed by atoms with Gasteiger partial charge < -0.3 is 25.4 Å². The second-order valence-corrected chi connectivity index (χ2v) is 8.43. The molecular weight excluding hydrogens is 538 g/mol. The van der Waals surface area contributed by atoms with Crippen molar-refractivity contribution in [2.24, 2.45) is 0 Å². The smallest absolute Gasteiger partial charge is 0.336 e. The summed E-state index contributed by atoms with van der Waals surface area (Å²) in [6.45, 7) is -0.0676. The first-order chi connectivity index (χ1) is 19.6. The number of hydrogen-bond acceptors (Lipinski definition) is 9. The van der Waals surface area contributed by atoms with Crippen LogP contribution in [0.4, 0.5) is 17.1 Å². The molecule has 208 valence electrons. The minimum Gasteiger partial charge on any atom is -0.508 e. The van der Waals surface area contributed by atoms with Crippen LogP contribution in [0.1, 0.15) is 36.6 Å². The number of nitrogens with one attached hydrogen (secondary N) is 2. The van der Waals surface area contributed by atoms with Crippen molar-refractivity contribution in [1.82, 2.24) is 0 Å². The summed E-state index contributed by atoms with van der Waals surface area (Å²) in [5, 5.41) is 41.6. The second-order valence-electron chi connectivity index (χ2n) is 8.43. The number of phenolic OH excluding ortho intramolecular Hbond substituents is 1. The molecule has 0 aromatic heterocycles. The van der Waals surface area contributed by atoms with E-state index in [0.29, 0.717) is 28.4 Å². The first-order valence-electron chi connectivity index (χ1n) is 11.7. The number of hydrogen-bond donors (Lipinski definition) is 5. The van der Waals surface area contributed by atoms with Gasteiger partial charge in [0.1, 0.15) is 23.9 Å². The molecule has 0 heterocycles. The molecule has 1 amide bonds. The molecule has 4 aromatic rings. The maximum atomic E-state index is 12.7. The molecule has 0 atom stereocenters. The molecule has 4 aromatic carbocycles. The fourth-order valence-corrected chi connectivity index (χ4v) is 3.64. The molecule has 13 nitrogen and oxygen atoms in total. The Kier molecular flexibility index (Phi) is 8.40. The molecule has 0 saturated carbocycles. The monoisotopic (exact) mass is 559 g/mol. The van der Waals surface area contributed by atoms with Crippen LogP contribution in [0.25, 0.3) is 0 Å². The lowest BCUT2D eigenvalue weighted by molar-refractivity contribution is -0.384. The number of non-ortho nitro benzene ring substituents is 1. The van der Waals surface area contributed by atoms with Crippen LogP contribution in [0.3, 0.4) is 0 Å². The number of phenols is 1. The summed E-state index contributed by atoms with van der Waals surface area (Å²) in [5.41, 5.74) is 2.73. The lowest BCUT2D eigenvalue weighted by Gasteiger charge is -2.11. The van der Waals surface area contributed by atoms with Crippen LogP contribution < -0.4 is 15.5 Å². The number of rotatable bonds is 11. The maximum absolute atomic E-state index is 12.7. The Bertz CT molecular complexity index is 1620. The first-order valence-corrected chi connectivity index (χ1v) is 11.7. The average molecular weight is 559 g/mol. The molecule has 0 bridgehead atoms. The minimum atomic E-state index is -1.40. The van der Waals surface area contributed by atoms with E-state index in [-0.39, 0.29) is 29.0 Å². The van der Waals surface area contributed by atoms with Crippen molar-refractivity contribution < 1.29 is 44.2 Å². The van der Waals surface area contributed by atoms with Crippen LogP contribution in [0.2, 0.25) is 0 Å². The molecule has 0 fully saturated rings. The average Bonchev–Trinajstić information content (AvgIpc) is 2.95. The predicted octanol–water partition coefficient (Wildman–Crippen LogP) is 5.29. The Hall–Kier alpha value is -5.95. The number of benzene rings is 4. The van der Waals surface area contributed by atoms with E-state index < -0.39 is 28.5 Å². The van der Waals surface area contributed by atoms with Crippen LogP contribution in [0, 0.1) is 10.1 Å². The molecule has 5 N–H and O–H groups in total. The zero-order valence-electron chi connectivity index (χ0n) is 20.9. The van der Waals surface area contributed by atoms with E-state index in [2.05, 4.69) is 10.8 Å². The van der Waals surface area contributed by atoms with Crippen molar-refractivity contribution in [1.29, 1.82) is 0 Å². The number of nitro groups is 1. The van der Waals surface area contributed by atoms with Crippen molar-refractivity contribution in [3.63, 3.8) is 0 Å². The summed E-state index contributed by atoms with van der Waals surface area (Å²) < 4.78 is 5.77. The van der Waals surface area contributed by atoms with E-state index in [0.717, 1.165) is 24.3 Å². The number of carbonyl (C=O) groups excluding carboxylic acids is 1. The standard InChI is InChI=1S/C28H21N3O10/c32-20-7-1-16(24(14-20)28(36)37)15-40-30-18-4-10-22(11-5-18)41-21-8-2-17(3-9-21)29-26(33)25-13-19(31(38)39)6-12-23(25)27(34)35/h1-14,30,32H,15H2,(H,29,33)(H,34,35)(H,36,37). The molecular formula is C28H21N3O10. The third-order valence-corrected chi connectivity index (χ3v) is 5.63. The highest BCUT2D eigenvalue weighted by atomic mass is 16.6. The zero-order valence-corrected chi connectivity index (χ0v) is 20.9. The summed E-state index contributed by atoms with van der Waals surface area (Å²) in [5.74, 6) is -2.67. The summed E-state index contributed by atoms with van der Waals surface area (Å²) in [6, 6.07) is 19.7. The van der Waals surface area contributed by atoms with Gasteiger partial charge in [-0.2, -0.15) is 0 Å². The number of nitro benzene ring substituents is 1. The van der Waals surface area contributed by atoms with Crippen molar-refractivity contribution in [3.8, 4) is 17.2 Å². The lowest BCUT2D eigenvalue weighted by atomic mass is 10.1. The van der Waals surface area contributed by atoms with Gasteiger partial charge in [-0.05, 0) is 72.3 Å². The van der Waals surface area contributed by atoms with E-state index in [1.165, 1.54) is 24.3 Å². The van der Waals surface area contributed by atoms with E-state index in [4.69, 9.17) is 9.57 Å². The Morgan fingerprint density at radius 1 is 0.756 bits per heavy atom. The maximum Gasteiger partial charge on any atom is 0.336 e. The third-order valence-electron chi connectivity index (χ3n) is 5.63. The van der Waals surface area contributed by atoms with Gasteiger partial charge in [-0.3, -0.25) is 25.2 Å². The molecule has 13 heteroatoms. The highest BCUT2D eigenvalue weighted by molar-refractivity contribution is 6.11. The number of anilines is 2. The molecule has 0 aliphatic heterocycles. The fourth-order valence-electron chi connectivity index (χ4n) is 3.64. The third kappa shape index (κ3) is 7.13. The topological polar surface area (TPSA) is 198 Å². The van der Waals surface area contributed by atoms with Gasteiger partial charge in [-0.1, -0.05) is 6.07 Å². The van der Waals surface area contributed by atoms with Gasteiger partial charge in [0.05, 0.1) is 27.3 Å². The first kappa shape index (κ1) is 28.1. The van der Waals surface area contributed by atoms with Gasteiger partial charge in [-0.25, -0.2) is 9.59 Å². The number of carbonyl (C=O) groups is 3. The van der Waals surface area contributed by atoms with Gasteiger partial charge >= 0.3 is 11.9 Å². The number of ether oxygens (including phenoxy) is 1. The summed E-state index contributed by atoms with van der Waals surface area (Å²) in [4.78, 5) is 51.1. The van der Waals surface area contributed by atoms with Gasteiger partial charge in [0.15, 0.2) is 0 Å². The molecule has 0 unspecified atom stereocenters. The van der Waals surface area contributed by atoms with Gasteiger partial charge in [-0.15, -0.1) is 0 Å². The fraction of sp³-hybridized carbons (Fsp3) is 0.0357. The van der Waals surface area contributed by atoms with Crippen LogP contribution in [-0.4, -0.2) is 38.1 Å². The van der Waals surface area contributed by atoms with E-state index in [9.17, 15) is 39.8 Å². The zero-order chi connectivity index (χ0) is 29.5. The van der Waals surface area contributed by atoms with Crippen LogP contribution in [-0.2, 0) is 11.4 Å². The van der Waals surface area contributed by atoms with E-state index in [1.807, 2.05) is 0 Å². The molecule has 0 aliphatic rings. The van der Waals surface area contributed by atoms with E-state index >= 15 is 0 Å². The Labute approximate surface area is 231 Å². The quantitative estimate of drug-likeness (QED) is 0.118. The highest BCUT2D eigenvalue weighted by Crippen LogP contribution is 2.26. The van der Waals surface area contributed by atoms with Crippen molar-refractivity contribution in [2.45, 2.75) is 6.61 Å². The van der Waals surface area contributed by atoms with E-state index in [1.54, 1.807) is 36.4 Å². The largest absolute Gasteiger partial charge is 0.508 e. The lowest BCUT2D eigenvalue weighted by Crippen LogP contribution is -2.16. The second kappa shape index (κ2) is 12.3. The van der Waals surface area contributed by atoms with Crippen LogP contribution >= 0.6 is 0 Å². The molecule has 41 heavy (non-hydrogen) atoms. The molecule has 0 spiro atoms. The van der Waals surface area contributed by atoms with Crippen LogP contribution in [0.15, 0.2) is 84.9 Å². The number of carboxylic acids is 2. The number of carboxylic acid groups (broad SMARTS) is 2. The Balaban J connectivity index is 1.33. The summed E-state index contributed by atoms with van der Waals surface area (Å²) in [7, 11) is 0. The summed E-state index contributed by atoms with van der Waals surface area (Å²) in [6.07, 6.45) is 0. The van der Waals surface area contributed by atoms with Gasteiger partial charge in [0, 0.05) is 17.8 Å². The SMILES string of the molecule is O=C(O)c1cc(O)ccc1CONc1ccc(Oc2ccc(NC(=O)c3cc([N+](=O)[O-])ccc3C(=O)O)cc2)cc1. The van der Waals surface area contributed by atoms with Gasteiger partial charge in [0.2, 0.25) is 0 Å². The van der Waals surface area contributed by atoms with Crippen molar-refractivity contribution in [3.05, 3.63) is 117 Å². The molecule has 4 rings (SSSR count). The number of aromatic hydroxyl groups is 1. The van der Waals surface area contributed by atoms with Crippen molar-refractivity contribution >= 4 is 34.9 Å². The number of nitrogens with zero attached hydrogens (tertiary/aromatic N) is 1. The van der Waals surface area contributed by atoms with Gasteiger partial charge in [0.25, 0.3) is 11.6 Å². The molecule has 0 radical (unpaired) electrons. The Morgan fingerprint density at radius 3 is 1.95 bits per heavy atom. The predicted molar refractivity (Wildman–Crippen MR) is 144 cm³/mol. The van der Waals surface area contributed by atoms with Crippen molar-refractivity contribution in [2.75, 3.05) is 10.8 Å². The molecule has 0 aliphatic carbocycles. The minimum absolute atomic E-state index is 0.0676. The number of amides is 1.